The number of hydrogen-bond acceptors (Lipinski definition) is 1. The number of nitrogens with zero attached hydrogens (tertiary/aromatic N) is 1. The predicted molar refractivity (Wildman–Crippen MR) is 88.3 cm³/mol. The van der Waals surface area contributed by atoms with Crippen molar-refractivity contribution in [1.82, 2.24) is 4.90 Å². The molecule has 1 aliphatic heterocycles. The van der Waals surface area contributed by atoms with Crippen LogP contribution in [0.4, 0.5) is 0 Å². The van der Waals surface area contributed by atoms with Gasteiger partial charge >= 0.3 is 0 Å². The van der Waals surface area contributed by atoms with E-state index in [0.717, 1.165) is 35.0 Å². The summed E-state index contributed by atoms with van der Waals surface area (Å²) in [7, 11) is 0. The monoisotopic (exact) mass is 343 g/mol. The highest BCUT2D eigenvalue weighted by Crippen LogP contribution is 2.34. The molecule has 3 rings (SSSR count). The number of likely N-dealkylation sites (tertiary alicyclic amines) is 1. The Balaban J connectivity index is 1.92. The average molecular weight is 344 g/mol. The maximum atomic E-state index is 12.9. The zero-order valence-electron chi connectivity index (χ0n) is 12.1. The van der Waals surface area contributed by atoms with Crippen molar-refractivity contribution in [2.45, 2.75) is 25.8 Å². The number of hydrogen-bond donors (Lipinski definition) is 0. The minimum absolute atomic E-state index is 0.122. The van der Waals surface area contributed by atoms with Crippen LogP contribution in [-0.2, 0) is 0 Å². The van der Waals surface area contributed by atoms with Gasteiger partial charge < -0.3 is 4.90 Å². The Kier molecular flexibility index (Phi) is 4.11. The maximum absolute atomic E-state index is 12.9. The molecule has 0 saturated carbocycles. The van der Waals surface area contributed by atoms with Gasteiger partial charge in [0, 0.05) is 11.0 Å². The molecule has 0 aromatic heterocycles. The first-order valence-electron chi connectivity index (χ1n) is 7.29. The zero-order chi connectivity index (χ0) is 14.8. The SMILES string of the molecule is Cc1cccc(C(=O)N2CCCC2c2ccccc2)c1Br. The molecule has 2 nitrogen and oxygen atoms in total. The summed E-state index contributed by atoms with van der Waals surface area (Å²) < 4.78 is 0.911. The van der Waals surface area contributed by atoms with Crippen LogP contribution < -0.4 is 0 Å². The highest BCUT2D eigenvalue weighted by Gasteiger charge is 2.31. The first-order chi connectivity index (χ1) is 10.2. The minimum atomic E-state index is 0.122. The fourth-order valence-corrected chi connectivity index (χ4v) is 3.43. The molecular formula is C18H18BrNO. The molecule has 3 heteroatoms. The van der Waals surface area contributed by atoms with Crippen molar-refractivity contribution in [3.8, 4) is 0 Å². The molecule has 0 aliphatic carbocycles. The van der Waals surface area contributed by atoms with Gasteiger partial charge in [-0.15, -0.1) is 0 Å². The van der Waals surface area contributed by atoms with Crippen LogP contribution in [0, 0.1) is 6.92 Å². The van der Waals surface area contributed by atoms with E-state index in [9.17, 15) is 4.79 Å². The number of carbonyl (C=O) groups is 1. The fraction of sp³-hybridized carbons (Fsp3) is 0.278. The number of amides is 1. The van der Waals surface area contributed by atoms with E-state index >= 15 is 0 Å². The second-order valence-corrected chi connectivity index (χ2v) is 6.30. The molecule has 1 heterocycles. The van der Waals surface area contributed by atoms with E-state index in [1.54, 1.807) is 0 Å². The Morgan fingerprint density at radius 2 is 1.90 bits per heavy atom. The third-order valence-electron chi connectivity index (χ3n) is 4.12. The first-order valence-corrected chi connectivity index (χ1v) is 8.09. The zero-order valence-corrected chi connectivity index (χ0v) is 13.6. The lowest BCUT2D eigenvalue weighted by atomic mass is 10.0. The van der Waals surface area contributed by atoms with Crippen LogP contribution >= 0.6 is 15.9 Å². The summed E-state index contributed by atoms with van der Waals surface area (Å²) in [4.78, 5) is 14.9. The first kappa shape index (κ1) is 14.3. The highest BCUT2D eigenvalue weighted by atomic mass is 79.9. The summed E-state index contributed by atoms with van der Waals surface area (Å²) >= 11 is 3.56. The molecule has 0 radical (unpaired) electrons. The molecule has 0 N–H and O–H groups in total. The van der Waals surface area contributed by atoms with E-state index in [0.29, 0.717) is 0 Å². The summed E-state index contributed by atoms with van der Waals surface area (Å²) in [5.74, 6) is 0.122. The molecule has 2 aromatic carbocycles. The van der Waals surface area contributed by atoms with Crippen molar-refractivity contribution in [3.63, 3.8) is 0 Å². The van der Waals surface area contributed by atoms with Gasteiger partial charge in [0.2, 0.25) is 0 Å². The molecular weight excluding hydrogens is 326 g/mol. The Morgan fingerprint density at radius 3 is 2.67 bits per heavy atom. The lowest BCUT2D eigenvalue weighted by molar-refractivity contribution is 0.0734. The number of halogens is 1. The van der Waals surface area contributed by atoms with Gasteiger partial charge in [0.05, 0.1) is 11.6 Å². The van der Waals surface area contributed by atoms with E-state index < -0.39 is 0 Å². The third-order valence-corrected chi connectivity index (χ3v) is 5.17. The van der Waals surface area contributed by atoms with Crippen LogP contribution in [0.5, 0.6) is 0 Å². The van der Waals surface area contributed by atoms with Gasteiger partial charge in [-0.2, -0.15) is 0 Å². The molecule has 21 heavy (non-hydrogen) atoms. The van der Waals surface area contributed by atoms with Crippen molar-refractivity contribution in [2.75, 3.05) is 6.54 Å². The van der Waals surface area contributed by atoms with E-state index in [4.69, 9.17) is 0 Å². The van der Waals surface area contributed by atoms with Crippen LogP contribution in [0.15, 0.2) is 53.0 Å². The van der Waals surface area contributed by atoms with Gasteiger partial charge in [-0.3, -0.25) is 4.79 Å². The Morgan fingerprint density at radius 1 is 1.14 bits per heavy atom. The van der Waals surface area contributed by atoms with Crippen molar-refractivity contribution in [1.29, 1.82) is 0 Å². The van der Waals surface area contributed by atoms with Gasteiger partial charge in [-0.05, 0) is 52.9 Å². The summed E-state index contributed by atoms with van der Waals surface area (Å²) in [5.41, 5.74) is 3.08. The summed E-state index contributed by atoms with van der Waals surface area (Å²) in [6.45, 7) is 2.85. The van der Waals surface area contributed by atoms with Crippen LogP contribution in [0.25, 0.3) is 0 Å². The smallest absolute Gasteiger partial charge is 0.255 e. The van der Waals surface area contributed by atoms with E-state index in [1.807, 2.05) is 48.2 Å². The molecule has 0 spiro atoms. The topological polar surface area (TPSA) is 20.3 Å². The van der Waals surface area contributed by atoms with Gasteiger partial charge in [-0.1, -0.05) is 42.5 Å². The van der Waals surface area contributed by atoms with Gasteiger partial charge in [0.1, 0.15) is 0 Å². The lowest BCUT2D eigenvalue weighted by Gasteiger charge is -2.26. The van der Waals surface area contributed by atoms with E-state index in [2.05, 4.69) is 28.1 Å². The number of aryl methyl sites for hydroxylation is 1. The lowest BCUT2D eigenvalue weighted by Crippen LogP contribution is -2.30. The second-order valence-electron chi connectivity index (χ2n) is 5.50. The Labute approximate surface area is 133 Å². The maximum Gasteiger partial charge on any atom is 0.255 e. The van der Waals surface area contributed by atoms with Crippen LogP contribution in [0.3, 0.4) is 0 Å². The van der Waals surface area contributed by atoms with Crippen molar-refractivity contribution >= 4 is 21.8 Å². The molecule has 1 fully saturated rings. The van der Waals surface area contributed by atoms with Crippen LogP contribution in [-0.4, -0.2) is 17.4 Å². The minimum Gasteiger partial charge on any atom is -0.332 e. The summed E-state index contributed by atoms with van der Waals surface area (Å²) in [6, 6.07) is 16.4. The predicted octanol–water partition coefficient (Wildman–Crippen LogP) is 4.73. The molecule has 0 bridgehead atoms. The number of rotatable bonds is 2. The molecule has 1 saturated heterocycles. The van der Waals surface area contributed by atoms with Gasteiger partial charge in [0.25, 0.3) is 5.91 Å². The molecule has 1 atom stereocenters. The van der Waals surface area contributed by atoms with Crippen molar-refractivity contribution in [3.05, 3.63) is 69.7 Å². The van der Waals surface area contributed by atoms with Crippen molar-refractivity contribution < 1.29 is 4.79 Å². The van der Waals surface area contributed by atoms with Gasteiger partial charge in [0.15, 0.2) is 0 Å². The average Bonchev–Trinajstić information content (AvgIpc) is 3.00. The molecule has 2 aromatic rings. The summed E-state index contributed by atoms with van der Waals surface area (Å²) in [5, 5.41) is 0. The standard InChI is InChI=1S/C18H18BrNO/c1-13-7-5-10-15(17(13)19)18(21)20-12-6-11-16(20)14-8-3-2-4-9-14/h2-5,7-10,16H,6,11-12H2,1H3. The van der Waals surface area contributed by atoms with Gasteiger partial charge in [-0.25, -0.2) is 0 Å². The second kappa shape index (κ2) is 6.02. The largest absolute Gasteiger partial charge is 0.332 e. The van der Waals surface area contributed by atoms with E-state index in [1.165, 1.54) is 5.56 Å². The van der Waals surface area contributed by atoms with E-state index in [-0.39, 0.29) is 11.9 Å². The quantitative estimate of drug-likeness (QED) is 0.771. The number of benzene rings is 2. The normalized spacial score (nSPS) is 18.0. The number of carbonyl (C=O) groups excluding carboxylic acids is 1. The van der Waals surface area contributed by atoms with Crippen molar-refractivity contribution in [2.24, 2.45) is 0 Å². The highest BCUT2D eigenvalue weighted by molar-refractivity contribution is 9.10. The van der Waals surface area contributed by atoms with Crippen LogP contribution in [0.1, 0.15) is 40.4 Å². The molecule has 1 unspecified atom stereocenters. The summed E-state index contributed by atoms with van der Waals surface area (Å²) in [6.07, 6.45) is 2.11. The van der Waals surface area contributed by atoms with Crippen LogP contribution in [0.2, 0.25) is 0 Å². The fourth-order valence-electron chi connectivity index (χ4n) is 3.00. The third kappa shape index (κ3) is 2.75. The Bertz CT molecular complexity index is 654. The molecule has 1 aliphatic rings. The molecule has 108 valence electrons. The Hall–Kier alpha value is -1.61. The molecule has 1 amide bonds.